The fourth-order valence-corrected chi connectivity index (χ4v) is 1.23. The summed E-state index contributed by atoms with van der Waals surface area (Å²) in [5.41, 5.74) is 9.19. The number of nitrogens with zero attached hydrogens (tertiary/aromatic N) is 7. The standard InChI is InChI=1S/C10H9N7O/c1-18-9-4-2-8(3-5-9)6-13-17-7-12-14-10(17)15-16-11/h2-7H,1H3. The first-order chi connectivity index (χ1) is 8.83. The van der Waals surface area contributed by atoms with Crippen LogP contribution in [0.2, 0.25) is 0 Å². The van der Waals surface area contributed by atoms with Gasteiger partial charge >= 0.3 is 0 Å². The van der Waals surface area contributed by atoms with Crippen LogP contribution in [0.5, 0.6) is 5.75 Å². The Bertz CT molecular complexity index is 595. The van der Waals surface area contributed by atoms with Gasteiger partial charge in [0.05, 0.1) is 13.3 Å². The summed E-state index contributed by atoms with van der Waals surface area (Å²) < 4.78 is 6.33. The van der Waals surface area contributed by atoms with Gasteiger partial charge in [-0.2, -0.15) is 9.78 Å². The zero-order chi connectivity index (χ0) is 12.8. The largest absolute Gasteiger partial charge is 0.497 e. The number of ether oxygens (including phenoxy) is 1. The van der Waals surface area contributed by atoms with E-state index in [-0.39, 0.29) is 5.95 Å². The van der Waals surface area contributed by atoms with Crippen molar-refractivity contribution in [1.29, 1.82) is 0 Å². The summed E-state index contributed by atoms with van der Waals surface area (Å²) in [6.07, 6.45) is 2.95. The van der Waals surface area contributed by atoms with Crippen molar-refractivity contribution in [1.82, 2.24) is 14.9 Å². The number of rotatable bonds is 4. The van der Waals surface area contributed by atoms with Gasteiger partial charge in [0, 0.05) is 4.91 Å². The normalized spacial score (nSPS) is 10.3. The SMILES string of the molecule is COc1ccc(C=Nn2cnnc2N=[N+]=[N-])cc1. The molecule has 0 fully saturated rings. The lowest BCUT2D eigenvalue weighted by Crippen LogP contribution is -1.89. The molecule has 0 bridgehead atoms. The number of methoxy groups -OCH3 is 1. The highest BCUT2D eigenvalue weighted by Gasteiger charge is 1.98. The zero-order valence-corrected chi connectivity index (χ0v) is 9.50. The second-order valence-corrected chi connectivity index (χ2v) is 3.18. The van der Waals surface area contributed by atoms with Gasteiger partial charge in [-0.1, -0.05) is 0 Å². The molecular formula is C10H9N7O. The van der Waals surface area contributed by atoms with Gasteiger partial charge in [-0.15, -0.1) is 10.2 Å². The molecule has 2 aromatic rings. The van der Waals surface area contributed by atoms with Crippen LogP contribution in [0.4, 0.5) is 5.95 Å². The Morgan fingerprint density at radius 1 is 1.39 bits per heavy atom. The van der Waals surface area contributed by atoms with Gasteiger partial charge in [-0.25, -0.2) is 0 Å². The van der Waals surface area contributed by atoms with Crippen molar-refractivity contribution in [2.75, 3.05) is 7.11 Å². The van der Waals surface area contributed by atoms with E-state index in [4.69, 9.17) is 10.3 Å². The Morgan fingerprint density at radius 2 is 2.17 bits per heavy atom. The molecule has 8 heteroatoms. The summed E-state index contributed by atoms with van der Waals surface area (Å²) in [5, 5.41) is 14.6. The lowest BCUT2D eigenvalue weighted by molar-refractivity contribution is 0.415. The maximum absolute atomic E-state index is 8.32. The molecule has 0 N–H and O–H groups in total. The number of benzene rings is 1. The van der Waals surface area contributed by atoms with Crippen LogP contribution in [-0.2, 0) is 0 Å². The number of azide groups is 1. The van der Waals surface area contributed by atoms with Gasteiger partial charge in [-0.05, 0) is 40.5 Å². The highest BCUT2D eigenvalue weighted by molar-refractivity contribution is 5.79. The smallest absolute Gasteiger partial charge is 0.241 e. The Morgan fingerprint density at radius 3 is 2.83 bits per heavy atom. The van der Waals surface area contributed by atoms with Crippen LogP contribution in [0.1, 0.15) is 5.56 Å². The summed E-state index contributed by atoms with van der Waals surface area (Å²) in [5.74, 6) is 0.855. The molecule has 0 atom stereocenters. The van der Waals surface area contributed by atoms with Crippen LogP contribution < -0.4 is 4.74 Å². The molecule has 1 aromatic heterocycles. The van der Waals surface area contributed by atoms with E-state index >= 15 is 0 Å². The maximum Gasteiger partial charge on any atom is 0.241 e. The summed E-state index contributed by atoms with van der Waals surface area (Å²) in [4.78, 5) is 2.63. The molecule has 0 amide bonds. The van der Waals surface area contributed by atoms with Crippen molar-refractivity contribution in [2.24, 2.45) is 10.2 Å². The first-order valence-electron chi connectivity index (χ1n) is 4.97. The second kappa shape index (κ2) is 5.46. The van der Waals surface area contributed by atoms with E-state index in [9.17, 15) is 0 Å². The van der Waals surface area contributed by atoms with Gasteiger partial charge in [0.2, 0.25) is 5.95 Å². The third kappa shape index (κ3) is 2.63. The van der Waals surface area contributed by atoms with E-state index < -0.39 is 0 Å². The van der Waals surface area contributed by atoms with Gasteiger partial charge in [0.15, 0.2) is 0 Å². The maximum atomic E-state index is 8.32. The lowest BCUT2D eigenvalue weighted by Gasteiger charge is -1.98. The minimum atomic E-state index is 0.0854. The molecule has 1 aromatic carbocycles. The lowest BCUT2D eigenvalue weighted by atomic mass is 10.2. The number of hydrogen-bond donors (Lipinski definition) is 0. The minimum Gasteiger partial charge on any atom is -0.497 e. The minimum absolute atomic E-state index is 0.0854. The van der Waals surface area contributed by atoms with E-state index in [0.29, 0.717) is 0 Å². The molecule has 8 nitrogen and oxygen atoms in total. The monoisotopic (exact) mass is 243 g/mol. The van der Waals surface area contributed by atoms with Crippen LogP contribution in [-0.4, -0.2) is 28.2 Å². The van der Waals surface area contributed by atoms with Crippen molar-refractivity contribution in [3.8, 4) is 5.75 Å². The van der Waals surface area contributed by atoms with Crippen LogP contribution in [0, 0.1) is 0 Å². The van der Waals surface area contributed by atoms with Gasteiger partial charge in [-0.3, -0.25) is 0 Å². The molecule has 2 rings (SSSR count). The zero-order valence-electron chi connectivity index (χ0n) is 9.50. The predicted octanol–water partition coefficient (Wildman–Crippen LogP) is 2.11. The average molecular weight is 243 g/mol. The van der Waals surface area contributed by atoms with Gasteiger partial charge < -0.3 is 4.74 Å². The molecule has 0 aliphatic carbocycles. The van der Waals surface area contributed by atoms with Crippen molar-refractivity contribution in [2.45, 2.75) is 0 Å². The van der Waals surface area contributed by atoms with Crippen molar-refractivity contribution >= 4 is 12.2 Å². The van der Waals surface area contributed by atoms with Crippen LogP contribution in [0.3, 0.4) is 0 Å². The van der Waals surface area contributed by atoms with Crippen LogP contribution in [0.15, 0.2) is 40.8 Å². The van der Waals surface area contributed by atoms with E-state index in [0.717, 1.165) is 11.3 Å². The Kier molecular flexibility index (Phi) is 3.53. The highest BCUT2D eigenvalue weighted by Crippen LogP contribution is 2.10. The van der Waals surface area contributed by atoms with Crippen LogP contribution in [0.25, 0.3) is 10.4 Å². The first-order valence-corrected chi connectivity index (χ1v) is 4.97. The number of hydrogen-bond acceptors (Lipinski definition) is 5. The first kappa shape index (κ1) is 11.6. The van der Waals surface area contributed by atoms with E-state index in [1.807, 2.05) is 24.3 Å². The van der Waals surface area contributed by atoms with Crippen molar-refractivity contribution in [3.63, 3.8) is 0 Å². The predicted molar refractivity (Wildman–Crippen MR) is 64.8 cm³/mol. The summed E-state index contributed by atoms with van der Waals surface area (Å²) in [7, 11) is 1.60. The van der Waals surface area contributed by atoms with Crippen molar-refractivity contribution < 1.29 is 4.74 Å². The Balaban J connectivity index is 2.18. The van der Waals surface area contributed by atoms with E-state index in [2.05, 4.69) is 25.3 Å². The molecular weight excluding hydrogens is 234 g/mol. The quantitative estimate of drug-likeness (QED) is 0.355. The molecule has 0 spiro atoms. The summed E-state index contributed by atoms with van der Waals surface area (Å²) in [6, 6.07) is 7.34. The number of aromatic nitrogens is 3. The fraction of sp³-hybridized carbons (Fsp3) is 0.100. The highest BCUT2D eigenvalue weighted by atomic mass is 16.5. The fourth-order valence-electron chi connectivity index (χ4n) is 1.23. The Hall–Kier alpha value is -2.86. The third-order valence-electron chi connectivity index (χ3n) is 2.09. The topological polar surface area (TPSA) is 101 Å². The van der Waals surface area contributed by atoms with E-state index in [1.54, 1.807) is 13.3 Å². The second-order valence-electron chi connectivity index (χ2n) is 3.18. The van der Waals surface area contributed by atoms with Crippen LogP contribution >= 0.6 is 0 Å². The Labute approximate surface area is 102 Å². The molecule has 18 heavy (non-hydrogen) atoms. The average Bonchev–Trinajstić information content (AvgIpc) is 2.85. The molecule has 0 radical (unpaired) electrons. The molecule has 0 aliphatic rings. The van der Waals surface area contributed by atoms with Gasteiger partial charge in [0.25, 0.3) is 0 Å². The van der Waals surface area contributed by atoms with E-state index in [1.165, 1.54) is 11.0 Å². The molecule has 0 unspecified atom stereocenters. The summed E-state index contributed by atoms with van der Waals surface area (Å²) in [6.45, 7) is 0. The van der Waals surface area contributed by atoms with Gasteiger partial charge in [0.1, 0.15) is 12.1 Å². The van der Waals surface area contributed by atoms with Crippen molar-refractivity contribution in [3.05, 3.63) is 46.6 Å². The summed E-state index contributed by atoms with van der Waals surface area (Å²) >= 11 is 0. The molecule has 0 saturated carbocycles. The third-order valence-corrected chi connectivity index (χ3v) is 2.09. The molecule has 1 heterocycles. The molecule has 0 aliphatic heterocycles. The molecule has 0 saturated heterocycles. The molecule has 90 valence electrons.